The highest BCUT2D eigenvalue weighted by atomic mass is 32.2. The van der Waals surface area contributed by atoms with Gasteiger partial charge in [0.25, 0.3) is 5.56 Å². The number of carbonyl (C=O) groups is 1. The predicted octanol–water partition coefficient (Wildman–Crippen LogP) is 4.27. The van der Waals surface area contributed by atoms with E-state index >= 15 is 0 Å². The zero-order chi connectivity index (χ0) is 23.3. The molecule has 0 saturated carbocycles. The van der Waals surface area contributed by atoms with Crippen molar-refractivity contribution in [3.63, 3.8) is 0 Å². The van der Waals surface area contributed by atoms with Crippen molar-refractivity contribution in [3.8, 4) is 5.69 Å². The van der Waals surface area contributed by atoms with E-state index in [0.29, 0.717) is 21.9 Å². The normalized spacial score (nSPS) is 11.5. The molecule has 33 heavy (non-hydrogen) atoms. The van der Waals surface area contributed by atoms with Crippen LogP contribution in [0.5, 0.6) is 0 Å². The van der Waals surface area contributed by atoms with Crippen LogP contribution >= 0.6 is 11.8 Å². The molecule has 3 aromatic heterocycles. The number of hydrogen-bond donors (Lipinski definition) is 0. The quantitative estimate of drug-likeness (QED) is 0.291. The summed E-state index contributed by atoms with van der Waals surface area (Å²) in [6, 6.07) is 17.6. The van der Waals surface area contributed by atoms with Crippen LogP contribution in [0.25, 0.3) is 22.4 Å². The molecule has 0 saturated heterocycles. The van der Waals surface area contributed by atoms with Gasteiger partial charge in [0.2, 0.25) is 5.78 Å². The van der Waals surface area contributed by atoms with E-state index in [9.17, 15) is 9.59 Å². The number of para-hydroxylation sites is 1. The Kier molecular flexibility index (Phi) is 5.17. The molecule has 0 fully saturated rings. The van der Waals surface area contributed by atoms with E-state index in [2.05, 4.69) is 33.8 Å². The first kappa shape index (κ1) is 21.2. The molecule has 0 aliphatic carbocycles. The summed E-state index contributed by atoms with van der Waals surface area (Å²) in [5.74, 6) is 0.694. The van der Waals surface area contributed by atoms with Crippen molar-refractivity contribution in [2.45, 2.75) is 25.9 Å². The second kappa shape index (κ2) is 8.04. The molecule has 0 unspecified atom stereocenters. The second-order valence-electron chi connectivity index (χ2n) is 8.17. The molecule has 0 aliphatic heterocycles. The van der Waals surface area contributed by atoms with E-state index in [-0.39, 0.29) is 17.1 Å². The molecule has 166 valence electrons. The number of benzene rings is 2. The smallest absolute Gasteiger partial charge is 0.262 e. The minimum Gasteiger partial charge on any atom is -0.318 e. The summed E-state index contributed by atoms with van der Waals surface area (Å²) in [4.78, 5) is 25.8. The lowest BCUT2D eigenvalue weighted by molar-refractivity contribution is 0.102. The number of aromatic nitrogens is 5. The molecule has 5 rings (SSSR count). The number of aryl methyl sites for hydroxylation is 3. The molecule has 0 bridgehead atoms. The van der Waals surface area contributed by atoms with Gasteiger partial charge in [-0.25, -0.2) is 0 Å². The Balaban J connectivity index is 1.48. The van der Waals surface area contributed by atoms with E-state index in [1.165, 1.54) is 21.9 Å². The third-order valence-corrected chi connectivity index (χ3v) is 6.85. The van der Waals surface area contributed by atoms with E-state index in [1.54, 1.807) is 13.1 Å². The van der Waals surface area contributed by atoms with Crippen molar-refractivity contribution in [1.29, 1.82) is 0 Å². The van der Waals surface area contributed by atoms with Crippen LogP contribution in [0.4, 0.5) is 0 Å². The topological polar surface area (TPSA) is 74.2 Å². The predicted molar refractivity (Wildman–Crippen MR) is 131 cm³/mol. The molecule has 0 spiro atoms. The first-order valence-corrected chi connectivity index (χ1v) is 11.6. The Morgan fingerprint density at radius 2 is 1.79 bits per heavy atom. The van der Waals surface area contributed by atoms with Crippen molar-refractivity contribution in [2.24, 2.45) is 7.05 Å². The minimum atomic E-state index is -0.123. The lowest BCUT2D eigenvalue weighted by Gasteiger charge is -2.10. The lowest BCUT2D eigenvalue weighted by atomic mass is 10.2. The van der Waals surface area contributed by atoms with E-state index in [0.717, 1.165) is 22.6 Å². The Morgan fingerprint density at radius 3 is 2.58 bits per heavy atom. The van der Waals surface area contributed by atoms with Crippen molar-refractivity contribution < 1.29 is 4.79 Å². The van der Waals surface area contributed by atoms with Gasteiger partial charge in [0.15, 0.2) is 10.9 Å². The number of hydrogen-bond acceptors (Lipinski definition) is 5. The molecule has 3 heterocycles. The number of thioether (sulfide) groups is 1. The third-order valence-electron chi connectivity index (χ3n) is 5.92. The van der Waals surface area contributed by atoms with Gasteiger partial charge in [0.05, 0.1) is 16.7 Å². The Hall–Kier alpha value is -3.65. The van der Waals surface area contributed by atoms with Gasteiger partial charge in [-0.15, -0.1) is 10.2 Å². The highest BCUT2D eigenvalue weighted by Gasteiger charge is 2.20. The summed E-state index contributed by atoms with van der Waals surface area (Å²) in [7, 11) is 1.68. The largest absolute Gasteiger partial charge is 0.318 e. The lowest BCUT2D eigenvalue weighted by Crippen LogP contribution is -2.20. The van der Waals surface area contributed by atoms with Crippen LogP contribution < -0.4 is 5.56 Å². The fourth-order valence-electron chi connectivity index (χ4n) is 4.32. The number of rotatable bonds is 5. The zero-order valence-corrected chi connectivity index (χ0v) is 19.7. The summed E-state index contributed by atoms with van der Waals surface area (Å²) < 4.78 is 5.43. The van der Waals surface area contributed by atoms with Gasteiger partial charge in [0, 0.05) is 29.7 Å². The average molecular weight is 458 g/mol. The van der Waals surface area contributed by atoms with Crippen LogP contribution in [0.2, 0.25) is 0 Å². The van der Waals surface area contributed by atoms with Gasteiger partial charge in [-0.05, 0) is 56.7 Å². The molecule has 0 atom stereocenters. The van der Waals surface area contributed by atoms with Gasteiger partial charge in [-0.3, -0.25) is 18.6 Å². The molecule has 2 aromatic carbocycles. The SMILES string of the molecule is Cc1cccc(-n2c(C)cc(C(=O)CSc3nnc4n(C)c(=O)c5ccccc5n34)c2C)c1. The summed E-state index contributed by atoms with van der Waals surface area (Å²) >= 11 is 1.33. The monoisotopic (exact) mass is 457 g/mol. The highest BCUT2D eigenvalue weighted by Crippen LogP contribution is 2.25. The molecule has 0 N–H and O–H groups in total. The maximum atomic E-state index is 13.2. The fourth-order valence-corrected chi connectivity index (χ4v) is 5.15. The minimum absolute atomic E-state index is 0.0258. The summed E-state index contributed by atoms with van der Waals surface area (Å²) in [6.45, 7) is 6.05. The van der Waals surface area contributed by atoms with Crippen LogP contribution in [0.3, 0.4) is 0 Å². The molecule has 8 heteroatoms. The van der Waals surface area contributed by atoms with Gasteiger partial charge in [-0.1, -0.05) is 36.0 Å². The van der Waals surface area contributed by atoms with Gasteiger partial charge >= 0.3 is 0 Å². The maximum absolute atomic E-state index is 13.2. The van der Waals surface area contributed by atoms with Gasteiger partial charge < -0.3 is 4.57 Å². The summed E-state index contributed by atoms with van der Waals surface area (Å²) in [5.41, 5.74) is 5.46. The van der Waals surface area contributed by atoms with Crippen molar-refractivity contribution >= 4 is 34.2 Å². The Morgan fingerprint density at radius 1 is 1.00 bits per heavy atom. The van der Waals surface area contributed by atoms with Crippen LogP contribution in [-0.4, -0.2) is 35.3 Å². The van der Waals surface area contributed by atoms with Crippen LogP contribution in [0, 0.1) is 20.8 Å². The van der Waals surface area contributed by atoms with Crippen molar-refractivity contribution in [2.75, 3.05) is 5.75 Å². The molecule has 7 nitrogen and oxygen atoms in total. The zero-order valence-electron chi connectivity index (χ0n) is 18.9. The van der Waals surface area contributed by atoms with Crippen LogP contribution in [0.1, 0.15) is 27.3 Å². The molecule has 5 aromatic rings. The van der Waals surface area contributed by atoms with E-state index < -0.39 is 0 Å². The highest BCUT2D eigenvalue weighted by molar-refractivity contribution is 7.99. The first-order chi connectivity index (χ1) is 15.9. The Labute approximate surface area is 194 Å². The first-order valence-electron chi connectivity index (χ1n) is 10.6. The number of ketones is 1. The summed E-state index contributed by atoms with van der Waals surface area (Å²) in [5, 5.41) is 9.64. The van der Waals surface area contributed by atoms with E-state index in [1.807, 2.05) is 54.6 Å². The average Bonchev–Trinajstić information content (AvgIpc) is 3.36. The number of Topliss-reactive ketones (excluding diaryl/α,β-unsaturated/α-hetero) is 1. The molecule has 0 radical (unpaired) electrons. The van der Waals surface area contributed by atoms with Gasteiger partial charge in [-0.2, -0.15) is 0 Å². The third kappa shape index (κ3) is 3.47. The Bertz CT molecular complexity index is 1610. The molecule has 0 aliphatic rings. The number of nitrogens with zero attached hydrogens (tertiary/aromatic N) is 5. The fraction of sp³-hybridized carbons (Fsp3) is 0.200. The molecule has 0 amide bonds. The number of fused-ring (bicyclic) bond motifs is 3. The van der Waals surface area contributed by atoms with Gasteiger partial charge in [0.1, 0.15) is 0 Å². The maximum Gasteiger partial charge on any atom is 0.262 e. The summed E-state index contributed by atoms with van der Waals surface area (Å²) in [6.07, 6.45) is 0. The standard InChI is InChI=1S/C25H23N5O2S/c1-15-8-7-9-18(12-15)29-16(2)13-20(17(29)3)22(31)14-33-25-27-26-24-28(4)23(32)19-10-5-6-11-21(19)30(24)25/h5-13H,14H2,1-4H3. The molecular formula is C25H23N5O2S. The van der Waals surface area contributed by atoms with Crippen molar-refractivity contribution in [1.82, 2.24) is 23.7 Å². The second-order valence-corrected chi connectivity index (χ2v) is 9.11. The molecular weight excluding hydrogens is 434 g/mol. The van der Waals surface area contributed by atoms with E-state index in [4.69, 9.17) is 0 Å². The van der Waals surface area contributed by atoms with Crippen LogP contribution in [0.15, 0.2) is 64.5 Å². The number of carbonyl (C=O) groups excluding carboxylic acids is 1. The van der Waals surface area contributed by atoms with Crippen LogP contribution in [-0.2, 0) is 7.05 Å². The van der Waals surface area contributed by atoms with Crippen molar-refractivity contribution in [3.05, 3.63) is 87.5 Å².